The summed E-state index contributed by atoms with van der Waals surface area (Å²) < 4.78 is 5.45. The SMILES string of the molecule is CNCCCOc1c(C)cccc1[N+](=O)[O-]. The molecule has 0 bridgehead atoms. The Balaban J connectivity index is 2.73. The molecule has 1 aromatic carbocycles. The lowest BCUT2D eigenvalue weighted by Gasteiger charge is -2.08. The van der Waals surface area contributed by atoms with Crippen molar-refractivity contribution in [2.24, 2.45) is 0 Å². The Morgan fingerprint density at radius 1 is 1.50 bits per heavy atom. The number of para-hydroxylation sites is 1. The molecule has 0 saturated heterocycles. The molecule has 5 heteroatoms. The maximum absolute atomic E-state index is 10.8. The second kappa shape index (κ2) is 6.07. The zero-order chi connectivity index (χ0) is 12.0. The van der Waals surface area contributed by atoms with E-state index in [1.807, 2.05) is 7.05 Å². The number of hydrogen-bond acceptors (Lipinski definition) is 4. The van der Waals surface area contributed by atoms with Crippen LogP contribution in [-0.2, 0) is 0 Å². The number of benzene rings is 1. The lowest BCUT2D eigenvalue weighted by Crippen LogP contribution is -2.12. The van der Waals surface area contributed by atoms with E-state index in [9.17, 15) is 10.1 Å². The molecule has 0 fully saturated rings. The maximum Gasteiger partial charge on any atom is 0.311 e. The van der Waals surface area contributed by atoms with Crippen molar-refractivity contribution in [1.29, 1.82) is 0 Å². The number of hydrogen-bond donors (Lipinski definition) is 1. The zero-order valence-corrected chi connectivity index (χ0v) is 9.53. The smallest absolute Gasteiger partial charge is 0.311 e. The van der Waals surface area contributed by atoms with Gasteiger partial charge in [-0.3, -0.25) is 10.1 Å². The molecule has 0 atom stereocenters. The van der Waals surface area contributed by atoms with Crippen LogP contribution >= 0.6 is 0 Å². The summed E-state index contributed by atoms with van der Waals surface area (Å²) in [7, 11) is 1.86. The molecule has 0 unspecified atom stereocenters. The van der Waals surface area contributed by atoms with Gasteiger partial charge in [0.05, 0.1) is 11.5 Å². The molecular formula is C11H16N2O3. The quantitative estimate of drug-likeness (QED) is 0.455. The van der Waals surface area contributed by atoms with Crippen LogP contribution in [0.25, 0.3) is 0 Å². The van der Waals surface area contributed by atoms with Crippen LogP contribution in [0, 0.1) is 17.0 Å². The second-order valence-electron chi connectivity index (χ2n) is 3.49. The van der Waals surface area contributed by atoms with E-state index in [0.717, 1.165) is 18.5 Å². The fraction of sp³-hybridized carbons (Fsp3) is 0.455. The number of ether oxygens (including phenoxy) is 1. The first-order valence-electron chi connectivity index (χ1n) is 5.18. The van der Waals surface area contributed by atoms with Crippen molar-refractivity contribution < 1.29 is 9.66 Å². The van der Waals surface area contributed by atoms with E-state index >= 15 is 0 Å². The molecule has 0 aliphatic carbocycles. The van der Waals surface area contributed by atoms with Crippen LogP contribution in [0.2, 0.25) is 0 Å². The van der Waals surface area contributed by atoms with Gasteiger partial charge < -0.3 is 10.1 Å². The van der Waals surface area contributed by atoms with Crippen LogP contribution in [0.15, 0.2) is 18.2 Å². The highest BCUT2D eigenvalue weighted by Gasteiger charge is 2.16. The Labute approximate surface area is 94.6 Å². The molecule has 1 rings (SSSR count). The minimum atomic E-state index is -0.416. The number of aryl methyl sites for hydroxylation is 1. The summed E-state index contributed by atoms with van der Waals surface area (Å²) in [5.41, 5.74) is 0.822. The Morgan fingerprint density at radius 2 is 2.25 bits per heavy atom. The normalized spacial score (nSPS) is 10.1. The van der Waals surface area contributed by atoms with Crippen LogP contribution in [0.4, 0.5) is 5.69 Å². The first kappa shape index (κ1) is 12.4. The Kier molecular flexibility index (Phi) is 4.72. The largest absolute Gasteiger partial charge is 0.487 e. The molecule has 0 radical (unpaired) electrons. The van der Waals surface area contributed by atoms with Gasteiger partial charge in [0.2, 0.25) is 0 Å². The molecule has 1 aromatic rings. The molecule has 88 valence electrons. The molecule has 0 spiro atoms. The third-order valence-electron chi connectivity index (χ3n) is 2.21. The summed E-state index contributed by atoms with van der Waals surface area (Å²) in [6.07, 6.45) is 0.821. The van der Waals surface area contributed by atoms with Crippen LogP contribution in [0.5, 0.6) is 5.75 Å². The monoisotopic (exact) mass is 224 g/mol. The molecule has 0 aliphatic rings. The highest BCUT2D eigenvalue weighted by atomic mass is 16.6. The van der Waals surface area contributed by atoms with E-state index in [0.29, 0.717) is 12.4 Å². The fourth-order valence-corrected chi connectivity index (χ4v) is 1.39. The number of rotatable bonds is 6. The molecule has 0 amide bonds. The Bertz CT molecular complexity index is 366. The maximum atomic E-state index is 10.8. The summed E-state index contributed by atoms with van der Waals surface area (Å²) in [5.74, 6) is 0.378. The number of nitro groups is 1. The zero-order valence-electron chi connectivity index (χ0n) is 9.53. The standard InChI is InChI=1S/C11H16N2O3/c1-9-5-3-6-10(13(14)15)11(9)16-8-4-7-12-2/h3,5-6,12H,4,7-8H2,1-2H3. The molecule has 1 N–H and O–H groups in total. The van der Waals surface area contributed by atoms with Gasteiger partial charge in [-0.1, -0.05) is 12.1 Å². The number of nitrogens with one attached hydrogen (secondary N) is 1. The van der Waals surface area contributed by atoms with Crippen LogP contribution < -0.4 is 10.1 Å². The van der Waals surface area contributed by atoms with Crippen LogP contribution in [-0.4, -0.2) is 25.1 Å². The number of nitro benzene ring substituents is 1. The summed E-state index contributed by atoms with van der Waals surface area (Å²) >= 11 is 0. The van der Waals surface area contributed by atoms with Gasteiger partial charge in [0.1, 0.15) is 0 Å². The van der Waals surface area contributed by atoms with Crippen LogP contribution in [0.3, 0.4) is 0 Å². The lowest BCUT2D eigenvalue weighted by molar-refractivity contribution is -0.385. The average Bonchev–Trinajstić information content (AvgIpc) is 2.25. The highest BCUT2D eigenvalue weighted by Crippen LogP contribution is 2.30. The predicted molar refractivity (Wildman–Crippen MR) is 61.9 cm³/mol. The fourth-order valence-electron chi connectivity index (χ4n) is 1.39. The topological polar surface area (TPSA) is 64.4 Å². The molecule has 0 aromatic heterocycles. The van der Waals surface area contributed by atoms with Crippen molar-refractivity contribution in [3.8, 4) is 5.75 Å². The third kappa shape index (κ3) is 3.20. The van der Waals surface area contributed by atoms with Crippen LogP contribution in [0.1, 0.15) is 12.0 Å². The van der Waals surface area contributed by atoms with E-state index in [1.165, 1.54) is 6.07 Å². The van der Waals surface area contributed by atoms with Crippen molar-refractivity contribution >= 4 is 5.69 Å². The first-order chi connectivity index (χ1) is 7.66. The third-order valence-corrected chi connectivity index (χ3v) is 2.21. The molecule has 0 heterocycles. The van der Waals surface area contributed by atoms with Crippen molar-refractivity contribution in [2.75, 3.05) is 20.2 Å². The van der Waals surface area contributed by atoms with Gasteiger partial charge in [-0.25, -0.2) is 0 Å². The van der Waals surface area contributed by atoms with Gasteiger partial charge in [-0.15, -0.1) is 0 Å². The van der Waals surface area contributed by atoms with E-state index in [1.54, 1.807) is 19.1 Å². The minimum absolute atomic E-state index is 0.0319. The Morgan fingerprint density at radius 3 is 2.88 bits per heavy atom. The predicted octanol–water partition coefficient (Wildman–Crippen LogP) is 1.89. The van der Waals surface area contributed by atoms with Gasteiger partial charge in [-0.2, -0.15) is 0 Å². The van der Waals surface area contributed by atoms with Crippen molar-refractivity contribution in [3.63, 3.8) is 0 Å². The van der Waals surface area contributed by atoms with E-state index in [4.69, 9.17) is 4.74 Å². The van der Waals surface area contributed by atoms with Gasteiger partial charge in [0.25, 0.3) is 0 Å². The highest BCUT2D eigenvalue weighted by molar-refractivity contribution is 5.51. The number of nitrogens with zero attached hydrogens (tertiary/aromatic N) is 1. The molecule has 0 saturated carbocycles. The van der Waals surface area contributed by atoms with Gasteiger partial charge in [0.15, 0.2) is 5.75 Å². The molecule has 5 nitrogen and oxygen atoms in total. The van der Waals surface area contributed by atoms with E-state index in [2.05, 4.69) is 5.32 Å². The van der Waals surface area contributed by atoms with Crippen molar-refractivity contribution in [1.82, 2.24) is 5.32 Å². The lowest BCUT2D eigenvalue weighted by atomic mass is 10.2. The van der Waals surface area contributed by atoms with E-state index in [-0.39, 0.29) is 5.69 Å². The Hall–Kier alpha value is -1.62. The molecular weight excluding hydrogens is 208 g/mol. The first-order valence-corrected chi connectivity index (χ1v) is 5.18. The van der Waals surface area contributed by atoms with Crippen molar-refractivity contribution in [2.45, 2.75) is 13.3 Å². The summed E-state index contributed by atoms with van der Waals surface area (Å²) in [5, 5.41) is 13.8. The molecule has 0 aliphatic heterocycles. The minimum Gasteiger partial charge on any atom is -0.487 e. The summed E-state index contributed by atoms with van der Waals surface area (Å²) in [6.45, 7) is 3.12. The van der Waals surface area contributed by atoms with Crippen molar-refractivity contribution in [3.05, 3.63) is 33.9 Å². The molecule has 16 heavy (non-hydrogen) atoms. The van der Waals surface area contributed by atoms with Gasteiger partial charge in [0, 0.05) is 6.07 Å². The van der Waals surface area contributed by atoms with Gasteiger partial charge in [-0.05, 0) is 32.5 Å². The summed E-state index contributed by atoms with van der Waals surface area (Å²) in [4.78, 5) is 10.4. The van der Waals surface area contributed by atoms with E-state index < -0.39 is 4.92 Å². The average molecular weight is 224 g/mol. The summed E-state index contributed by atoms with van der Waals surface area (Å²) in [6, 6.07) is 4.93. The second-order valence-corrected chi connectivity index (χ2v) is 3.49. The van der Waals surface area contributed by atoms with Gasteiger partial charge >= 0.3 is 5.69 Å².